The van der Waals surface area contributed by atoms with Gasteiger partial charge in [0.2, 0.25) is 0 Å². The number of carbonyl (C=O) groups excluding carboxylic acids is 1. The molecule has 0 unspecified atom stereocenters. The standard InChI is InChI=1S/C9H16F2O5S/c1-7(2)4-3-5-8(12)16-6-9(10,11)17(13,14)15/h7H,3-6H2,1-2H3,(H,13,14,15). The molecule has 0 aromatic heterocycles. The first kappa shape index (κ1) is 16.2. The number of carbonyl (C=O) groups is 1. The molecular weight excluding hydrogens is 258 g/mol. The molecule has 0 aliphatic rings. The van der Waals surface area contributed by atoms with Crippen molar-refractivity contribution in [2.75, 3.05) is 6.61 Å². The molecule has 0 aromatic carbocycles. The van der Waals surface area contributed by atoms with E-state index >= 15 is 0 Å². The lowest BCUT2D eigenvalue weighted by Gasteiger charge is -2.13. The van der Waals surface area contributed by atoms with E-state index in [0.717, 1.165) is 6.42 Å². The lowest BCUT2D eigenvalue weighted by atomic mass is 10.1. The van der Waals surface area contributed by atoms with Crippen molar-refractivity contribution in [2.24, 2.45) is 5.92 Å². The van der Waals surface area contributed by atoms with E-state index in [0.29, 0.717) is 12.3 Å². The second-order valence-electron chi connectivity index (χ2n) is 4.06. The molecule has 0 amide bonds. The van der Waals surface area contributed by atoms with E-state index in [2.05, 4.69) is 4.74 Å². The third kappa shape index (κ3) is 6.52. The molecule has 0 radical (unpaired) electrons. The quantitative estimate of drug-likeness (QED) is 0.566. The highest BCUT2D eigenvalue weighted by Crippen LogP contribution is 2.20. The smallest absolute Gasteiger partial charge is 0.402 e. The van der Waals surface area contributed by atoms with Crippen LogP contribution in [0.3, 0.4) is 0 Å². The van der Waals surface area contributed by atoms with Crippen LogP contribution >= 0.6 is 0 Å². The molecule has 0 saturated carbocycles. The molecule has 0 aromatic rings. The molecule has 5 nitrogen and oxygen atoms in total. The average molecular weight is 274 g/mol. The number of hydrogen-bond donors (Lipinski definition) is 1. The van der Waals surface area contributed by atoms with Gasteiger partial charge in [0.15, 0.2) is 6.61 Å². The number of esters is 1. The van der Waals surface area contributed by atoms with Crippen molar-refractivity contribution in [3.63, 3.8) is 0 Å². The summed E-state index contributed by atoms with van der Waals surface area (Å²) in [6.07, 6.45) is 1.16. The van der Waals surface area contributed by atoms with Gasteiger partial charge in [-0.3, -0.25) is 9.35 Å². The zero-order valence-corrected chi connectivity index (χ0v) is 10.5. The summed E-state index contributed by atoms with van der Waals surface area (Å²) in [5, 5.41) is -4.46. The third-order valence-corrected chi connectivity index (χ3v) is 2.81. The topological polar surface area (TPSA) is 80.7 Å². The molecule has 102 valence electrons. The molecule has 0 atom stereocenters. The Hall–Kier alpha value is -0.760. The highest BCUT2D eigenvalue weighted by molar-refractivity contribution is 7.86. The summed E-state index contributed by atoms with van der Waals surface area (Å²) in [6.45, 7) is 2.22. The van der Waals surface area contributed by atoms with Crippen LogP contribution in [0.5, 0.6) is 0 Å². The highest BCUT2D eigenvalue weighted by Gasteiger charge is 2.45. The number of alkyl halides is 2. The molecule has 17 heavy (non-hydrogen) atoms. The molecule has 0 aliphatic heterocycles. The van der Waals surface area contributed by atoms with Crippen molar-refractivity contribution in [1.29, 1.82) is 0 Å². The minimum atomic E-state index is -5.54. The van der Waals surface area contributed by atoms with Gasteiger partial charge >= 0.3 is 21.3 Å². The van der Waals surface area contributed by atoms with Gasteiger partial charge in [-0.05, 0) is 12.3 Å². The second-order valence-corrected chi connectivity index (χ2v) is 5.61. The van der Waals surface area contributed by atoms with Gasteiger partial charge in [-0.25, -0.2) is 0 Å². The zero-order valence-electron chi connectivity index (χ0n) is 9.65. The largest absolute Gasteiger partial charge is 0.458 e. The van der Waals surface area contributed by atoms with E-state index in [9.17, 15) is 22.0 Å². The Morgan fingerprint density at radius 2 is 1.94 bits per heavy atom. The fourth-order valence-corrected chi connectivity index (χ4v) is 1.17. The Morgan fingerprint density at radius 3 is 2.35 bits per heavy atom. The van der Waals surface area contributed by atoms with Crippen molar-refractivity contribution in [2.45, 2.75) is 38.4 Å². The van der Waals surface area contributed by atoms with Crippen LogP contribution in [-0.4, -0.2) is 30.8 Å². The molecule has 0 saturated heterocycles. The van der Waals surface area contributed by atoms with E-state index in [1.807, 2.05) is 13.8 Å². The first-order valence-corrected chi connectivity index (χ1v) is 6.51. The minimum Gasteiger partial charge on any atom is -0.458 e. The van der Waals surface area contributed by atoms with Crippen LogP contribution in [0.2, 0.25) is 0 Å². The summed E-state index contributed by atoms with van der Waals surface area (Å²) in [5.74, 6) is -0.531. The molecule has 0 spiro atoms. The number of halogens is 2. The Kier molecular flexibility index (Phi) is 5.97. The van der Waals surface area contributed by atoms with Crippen molar-refractivity contribution >= 4 is 16.1 Å². The SMILES string of the molecule is CC(C)CCCC(=O)OCC(F)(F)S(=O)(=O)O. The van der Waals surface area contributed by atoms with Crippen LogP contribution in [-0.2, 0) is 19.6 Å². The van der Waals surface area contributed by atoms with Gasteiger partial charge in [0.25, 0.3) is 0 Å². The fraction of sp³-hybridized carbons (Fsp3) is 0.889. The van der Waals surface area contributed by atoms with Gasteiger partial charge in [-0.2, -0.15) is 17.2 Å². The summed E-state index contributed by atoms with van der Waals surface area (Å²) in [5.41, 5.74) is 0. The lowest BCUT2D eigenvalue weighted by Crippen LogP contribution is -2.34. The molecule has 0 aliphatic carbocycles. The Labute approximate surface area is 98.9 Å². The summed E-state index contributed by atoms with van der Waals surface area (Å²) in [7, 11) is -5.54. The number of rotatable bonds is 7. The molecule has 0 heterocycles. The molecular formula is C9H16F2O5S. The molecule has 0 fully saturated rings. The number of hydrogen-bond acceptors (Lipinski definition) is 4. The highest BCUT2D eigenvalue weighted by atomic mass is 32.2. The summed E-state index contributed by atoms with van der Waals surface area (Å²) in [4.78, 5) is 11.0. The second kappa shape index (κ2) is 6.25. The van der Waals surface area contributed by atoms with E-state index in [4.69, 9.17) is 4.55 Å². The molecule has 8 heteroatoms. The maximum absolute atomic E-state index is 12.6. The van der Waals surface area contributed by atoms with E-state index in [1.165, 1.54) is 0 Å². The zero-order chi connectivity index (χ0) is 13.7. The first-order valence-electron chi connectivity index (χ1n) is 5.06. The van der Waals surface area contributed by atoms with Crippen molar-refractivity contribution in [3.05, 3.63) is 0 Å². The van der Waals surface area contributed by atoms with Crippen molar-refractivity contribution in [3.8, 4) is 0 Å². The summed E-state index contributed by atoms with van der Waals surface area (Å²) >= 11 is 0. The van der Waals surface area contributed by atoms with Crippen molar-refractivity contribution in [1.82, 2.24) is 0 Å². The van der Waals surface area contributed by atoms with E-state index < -0.39 is 27.9 Å². The molecule has 0 bridgehead atoms. The molecule has 0 rings (SSSR count). The maximum atomic E-state index is 12.6. The summed E-state index contributed by atoms with van der Waals surface area (Å²) in [6, 6.07) is 0. The van der Waals surface area contributed by atoms with Gasteiger partial charge < -0.3 is 4.74 Å². The monoisotopic (exact) mass is 274 g/mol. The van der Waals surface area contributed by atoms with E-state index in [-0.39, 0.29) is 6.42 Å². The van der Waals surface area contributed by atoms with Gasteiger partial charge in [-0.15, -0.1) is 0 Å². The van der Waals surface area contributed by atoms with Crippen LogP contribution < -0.4 is 0 Å². The van der Waals surface area contributed by atoms with Gasteiger partial charge in [0.1, 0.15) is 0 Å². The van der Waals surface area contributed by atoms with Crippen LogP contribution in [0.1, 0.15) is 33.1 Å². The van der Waals surface area contributed by atoms with Gasteiger partial charge in [0.05, 0.1) is 0 Å². The third-order valence-electron chi connectivity index (χ3n) is 1.94. The molecule has 1 N–H and O–H groups in total. The van der Waals surface area contributed by atoms with Gasteiger partial charge in [-0.1, -0.05) is 20.3 Å². The number of ether oxygens (including phenoxy) is 1. The fourth-order valence-electron chi connectivity index (χ4n) is 0.966. The first-order chi connectivity index (χ1) is 7.56. The van der Waals surface area contributed by atoms with Gasteiger partial charge in [0, 0.05) is 6.42 Å². The van der Waals surface area contributed by atoms with Crippen LogP contribution in [0.4, 0.5) is 8.78 Å². The lowest BCUT2D eigenvalue weighted by molar-refractivity contribution is -0.149. The Balaban J connectivity index is 4.01. The average Bonchev–Trinajstić information content (AvgIpc) is 2.12. The summed E-state index contributed by atoms with van der Waals surface area (Å²) < 4.78 is 57.8. The van der Waals surface area contributed by atoms with Crippen LogP contribution in [0, 0.1) is 5.92 Å². The van der Waals surface area contributed by atoms with Crippen LogP contribution in [0.15, 0.2) is 0 Å². The van der Waals surface area contributed by atoms with Crippen LogP contribution in [0.25, 0.3) is 0 Å². The predicted molar refractivity (Wildman–Crippen MR) is 56.1 cm³/mol. The Morgan fingerprint density at radius 1 is 1.41 bits per heavy atom. The Bertz CT molecular complexity index is 350. The maximum Gasteiger partial charge on any atom is 0.402 e. The normalized spacial score (nSPS) is 12.8. The van der Waals surface area contributed by atoms with E-state index in [1.54, 1.807) is 0 Å². The minimum absolute atomic E-state index is 0.0558. The predicted octanol–water partition coefficient (Wildman–Crippen LogP) is 1.84. The van der Waals surface area contributed by atoms with Crippen molar-refractivity contribution < 1.29 is 31.3 Å².